The number of Topliss-reactive ketones (excluding diaryl/α,β-unsaturated/α-hetero) is 1. The van der Waals surface area contributed by atoms with E-state index in [2.05, 4.69) is 20.8 Å². The van der Waals surface area contributed by atoms with Crippen LogP contribution in [0.4, 0.5) is 15.8 Å². The first-order valence-electron chi connectivity index (χ1n) is 7.95. The zero-order valence-electron chi connectivity index (χ0n) is 14.5. The third-order valence-corrected chi connectivity index (χ3v) is 5.62. The fourth-order valence-electron chi connectivity index (χ4n) is 2.36. The van der Waals surface area contributed by atoms with Crippen molar-refractivity contribution in [3.05, 3.63) is 51.8 Å². The van der Waals surface area contributed by atoms with Crippen LogP contribution in [0.25, 0.3) is 0 Å². The predicted molar refractivity (Wildman–Crippen MR) is 106 cm³/mol. The number of benzene rings is 1. The van der Waals surface area contributed by atoms with Crippen molar-refractivity contribution in [2.75, 3.05) is 10.6 Å². The first kappa shape index (κ1) is 18.7. The minimum atomic E-state index is -1.06. The van der Waals surface area contributed by atoms with Gasteiger partial charge in [0.15, 0.2) is 11.7 Å². The number of carbonyl (C=O) groups is 2. The van der Waals surface area contributed by atoms with E-state index in [4.69, 9.17) is 0 Å². The van der Waals surface area contributed by atoms with Crippen LogP contribution in [-0.2, 0) is 4.79 Å². The Morgan fingerprint density at radius 1 is 1.19 bits per heavy atom. The van der Waals surface area contributed by atoms with Gasteiger partial charge in [-0.2, -0.15) is 5.26 Å². The van der Waals surface area contributed by atoms with E-state index in [9.17, 15) is 14.9 Å². The van der Waals surface area contributed by atoms with Crippen LogP contribution in [0, 0.1) is 18.3 Å². The molecule has 27 heavy (non-hydrogen) atoms. The molecule has 2 aromatic heterocycles. The van der Waals surface area contributed by atoms with E-state index in [0.717, 1.165) is 27.6 Å². The Morgan fingerprint density at radius 2 is 1.93 bits per heavy atom. The topological polar surface area (TPSA) is 108 Å². The van der Waals surface area contributed by atoms with Crippen molar-refractivity contribution in [2.24, 2.45) is 0 Å². The monoisotopic (exact) mass is 397 g/mol. The summed E-state index contributed by atoms with van der Waals surface area (Å²) in [6.45, 7) is 3.18. The van der Waals surface area contributed by atoms with Gasteiger partial charge in [0, 0.05) is 12.6 Å². The number of para-hydroxylation sites is 1. The highest BCUT2D eigenvalue weighted by Gasteiger charge is 2.28. The number of ketones is 1. The molecule has 1 aromatic carbocycles. The third-order valence-electron chi connectivity index (χ3n) is 3.54. The molecule has 0 aliphatic heterocycles. The number of hydrogen-bond acceptors (Lipinski definition) is 8. The summed E-state index contributed by atoms with van der Waals surface area (Å²) >= 11 is 2.32. The molecule has 0 saturated carbocycles. The standard InChI is InChI=1S/C18H15N5O2S2/c1-10-8-14(21-12-6-4-3-5-7-12)26-16(10)15(25)13(9-19)17-22-23-18(27-17)20-11(2)24/h3-8,13,21H,1-2H3,(H,20,23,24). The number of nitriles is 1. The van der Waals surface area contributed by atoms with Crippen molar-refractivity contribution in [3.8, 4) is 6.07 Å². The lowest BCUT2D eigenvalue weighted by molar-refractivity contribution is -0.114. The molecule has 1 atom stereocenters. The Labute approximate surface area is 163 Å². The summed E-state index contributed by atoms with van der Waals surface area (Å²) in [5.74, 6) is -1.68. The van der Waals surface area contributed by atoms with Crippen molar-refractivity contribution in [2.45, 2.75) is 19.8 Å². The van der Waals surface area contributed by atoms with Crippen LogP contribution in [0.15, 0.2) is 36.4 Å². The average Bonchev–Trinajstić information content (AvgIpc) is 3.22. The molecule has 1 unspecified atom stereocenters. The van der Waals surface area contributed by atoms with Crippen LogP contribution in [0.5, 0.6) is 0 Å². The maximum atomic E-state index is 12.9. The lowest BCUT2D eigenvalue weighted by Gasteiger charge is -2.04. The van der Waals surface area contributed by atoms with Gasteiger partial charge >= 0.3 is 0 Å². The Morgan fingerprint density at radius 3 is 2.59 bits per heavy atom. The molecule has 0 aliphatic rings. The van der Waals surface area contributed by atoms with Crippen molar-refractivity contribution < 1.29 is 9.59 Å². The van der Waals surface area contributed by atoms with Gasteiger partial charge < -0.3 is 10.6 Å². The van der Waals surface area contributed by atoms with E-state index >= 15 is 0 Å². The second-order valence-corrected chi connectivity index (χ2v) is 7.73. The van der Waals surface area contributed by atoms with Crippen LogP contribution in [0.3, 0.4) is 0 Å². The summed E-state index contributed by atoms with van der Waals surface area (Å²) in [5, 5.41) is 24.3. The quantitative estimate of drug-likeness (QED) is 0.606. The van der Waals surface area contributed by atoms with E-state index in [1.54, 1.807) is 0 Å². The summed E-state index contributed by atoms with van der Waals surface area (Å²) in [5.41, 5.74) is 1.70. The summed E-state index contributed by atoms with van der Waals surface area (Å²) in [7, 11) is 0. The fourth-order valence-corrected chi connectivity index (χ4v) is 4.26. The highest BCUT2D eigenvalue weighted by Crippen LogP contribution is 2.34. The van der Waals surface area contributed by atoms with Gasteiger partial charge in [-0.25, -0.2) is 0 Å². The Hall–Kier alpha value is -3.09. The smallest absolute Gasteiger partial charge is 0.223 e. The number of aryl methyl sites for hydroxylation is 1. The lowest BCUT2D eigenvalue weighted by Crippen LogP contribution is -2.10. The molecule has 0 saturated heterocycles. The number of amides is 1. The molecule has 3 rings (SSSR count). The number of hydrogen-bond donors (Lipinski definition) is 2. The van der Waals surface area contributed by atoms with Crippen LogP contribution < -0.4 is 10.6 Å². The molecule has 3 aromatic rings. The molecule has 1 amide bonds. The molecule has 0 spiro atoms. The first-order chi connectivity index (χ1) is 13.0. The van der Waals surface area contributed by atoms with Gasteiger partial charge in [-0.05, 0) is 30.7 Å². The van der Waals surface area contributed by atoms with E-state index < -0.39 is 5.92 Å². The van der Waals surface area contributed by atoms with E-state index in [-0.39, 0.29) is 21.8 Å². The van der Waals surface area contributed by atoms with Crippen LogP contribution >= 0.6 is 22.7 Å². The fraction of sp³-hybridized carbons (Fsp3) is 0.167. The van der Waals surface area contributed by atoms with E-state index in [1.807, 2.05) is 49.4 Å². The van der Waals surface area contributed by atoms with Gasteiger partial charge in [0.2, 0.25) is 11.0 Å². The number of rotatable bonds is 6. The molecular weight excluding hydrogens is 382 g/mol. The van der Waals surface area contributed by atoms with Crippen molar-refractivity contribution in [1.29, 1.82) is 5.26 Å². The number of nitrogens with one attached hydrogen (secondary N) is 2. The second kappa shape index (κ2) is 8.07. The highest BCUT2D eigenvalue weighted by atomic mass is 32.1. The number of aromatic nitrogens is 2. The summed E-state index contributed by atoms with van der Waals surface area (Å²) in [6, 6.07) is 13.5. The molecule has 0 aliphatic carbocycles. The zero-order chi connectivity index (χ0) is 19.4. The Balaban J connectivity index is 1.82. The van der Waals surface area contributed by atoms with Crippen LogP contribution in [0.1, 0.15) is 33.1 Å². The second-order valence-electron chi connectivity index (χ2n) is 5.67. The van der Waals surface area contributed by atoms with Crippen molar-refractivity contribution in [3.63, 3.8) is 0 Å². The number of anilines is 3. The van der Waals surface area contributed by atoms with Gasteiger partial charge in [0.25, 0.3) is 0 Å². The normalized spacial score (nSPS) is 11.4. The van der Waals surface area contributed by atoms with Crippen molar-refractivity contribution >= 4 is 50.2 Å². The SMILES string of the molecule is CC(=O)Nc1nnc(C(C#N)C(=O)c2sc(Nc3ccccc3)cc2C)s1. The molecule has 7 nitrogen and oxygen atoms in total. The number of carbonyl (C=O) groups excluding carboxylic acids is 2. The highest BCUT2D eigenvalue weighted by molar-refractivity contribution is 7.18. The summed E-state index contributed by atoms with van der Waals surface area (Å²) in [4.78, 5) is 24.5. The first-order valence-corrected chi connectivity index (χ1v) is 9.58. The third kappa shape index (κ3) is 4.36. The number of thiophene rings is 1. The minimum absolute atomic E-state index is 0.261. The molecular formula is C18H15N5O2S2. The molecule has 2 heterocycles. The van der Waals surface area contributed by atoms with Crippen LogP contribution in [0.2, 0.25) is 0 Å². The molecule has 0 bridgehead atoms. The van der Waals surface area contributed by atoms with E-state index in [1.165, 1.54) is 18.3 Å². The average molecular weight is 397 g/mol. The van der Waals surface area contributed by atoms with Gasteiger partial charge in [-0.3, -0.25) is 9.59 Å². The summed E-state index contributed by atoms with van der Waals surface area (Å²) < 4.78 is 0. The van der Waals surface area contributed by atoms with Crippen LogP contribution in [-0.4, -0.2) is 21.9 Å². The predicted octanol–water partition coefficient (Wildman–Crippen LogP) is 4.10. The maximum absolute atomic E-state index is 12.9. The molecule has 0 radical (unpaired) electrons. The summed E-state index contributed by atoms with van der Waals surface area (Å²) in [6.07, 6.45) is 0. The minimum Gasteiger partial charge on any atom is -0.347 e. The zero-order valence-corrected chi connectivity index (χ0v) is 16.1. The van der Waals surface area contributed by atoms with Gasteiger partial charge in [0.05, 0.1) is 15.9 Å². The number of nitrogens with zero attached hydrogens (tertiary/aromatic N) is 3. The molecule has 0 fully saturated rings. The van der Waals surface area contributed by atoms with Gasteiger partial charge in [0.1, 0.15) is 5.01 Å². The van der Waals surface area contributed by atoms with E-state index in [0.29, 0.717) is 4.88 Å². The lowest BCUT2D eigenvalue weighted by atomic mass is 10.0. The largest absolute Gasteiger partial charge is 0.347 e. The molecule has 9 heteroatoms. The van der Waals surface area contributed by atoms with Gasteiger partial charge in [-0.15, -0.1) is 21.5 Å². The van der Waals surface area contributed by atoms with Gasteiger partial charge in [-0.1, -0.05) is 29.5 Å². The van der Waals surface area contributed by atoms with Crippen molar-refractivity contribution in [1.82, 2.24) is 10.2 Å². The Bertz CT molecular complexity index is 1020. The molecule has 2 N–H and O–H groups in total. The molecule has 136 valence electrons. The maximum Gasteiger partial charge on any atom is 0.223 e. The Kier molecular flexibility index (Phi) is 5.59.